The van der Waals surface area contributed by atoms with E-state index in [0.29, 0.717) is 6.54 Å². The third-order valence-corrected chi connectivity index (χ3v) is 3.85. The first-order valence-corrected chi connectivity index (χ1v) is 7.28. The largest absolute Gasteiger partial charge is 0.394 e. The Morgan fingerprint density at radius 1 is 1.38 bits per heavy atom. The number of carbonyl (C=O) groups excluding carboxylic acids is 2. The monoisotopic (exact) mass is 290 g/mol. The molecule has 1 aromatic rings. The topological polar surface area (TPSA) is 69.6 Å². The molecule has 1 saturated heterocycles. The number of rotatable bonds is 5. The van der Waals surface area contributed by atoms with Crippen LogP contribution < -0.4 is 5.32 Å². The molecule has 1 aliphatic rings. The van der Waals surface area contributed by atoms with Gasteiger partial charge in [0.1, 0.15) is 0 Å². The van der Waals surface area contributed by atoms with Crippen molar-refractivity contribution >= 4 is 11.8 Å². The number of carbonyl (C=O) groups is 2. The first kappa shape index (κ1) is 15.5. The summed E-state index contributed by atoms with van der Waals surface area (Å²) in [6.07, 6.45) is 0.247. The number of amides is 2. The van der Waals surface area contributed by atoms with Crippen LogP contribution in [-0.2, 0) is 9.59 Å². The number of hydrogen-bond donors (Lipinski definition) is 2. The highest BCUT2D eigenvalue weighted by Crippen LogP contribution is 2.21. The number of benzene rings is 1. The minimum Gasteiger partial charge on any atom is -0.394 e. The van der Waals surface area contributed by atoms with Crippen molar-refractivity contribution in [3.05, 3.63) is 35.9 Å². The van der Waals surface area contributed by atoms with Gasteiger partial charge in [-0.25, -0.2) is 0 Å². The Morgan fingerprint density at radius 2 is 2.05 bits per heavy atom. The maximum Gasteiger partial charge on any atom is 0.225 e. The predicted octanol–water partition coefficient (Wildman–Crippen LogP) is 1.09. The van der Waals surface area contributed by atoms with Crippen molar-refractivity contribution in [3.8, 4) is 0 Å². The average molecular weight is 290 g/mol. The van der Waals surface area contributed by atoms with E-state index >= 15 is 0 Å². The van der Waals surface area contributed by atoms with Crippen molar-refractivity contribution in [2.24, 2.45) is 5.92 Å². The molecule has 5 nitrogen and oxygen atoms in total. The molecule has 1 heterocycles. The lowest BCUT2D eigenvalue weighted by molar-refractivity contribution is -0.130. The standard InChI is InChI=1S/C16H22N2O3/c1-11(2)18-9-13(8-15(18)20)16(21)17-14(10-19)12-6-4-3-5-7-12/h3-7,11,13-14,19H,8-10H2,1-2H3,(H,17,21)/t13?,14-/m0/s1. The average Bonchev–Trinajstić information content (AvgIpc) is 2.87. The van der Waals surface area contributed by atoms with Crippen LogP contribution in [0.1, 0.15) is 31.9 Å². The molecule has 2 rings (SSSR count). The van der Waals surface area contributed by atoms with Crippen molar-refractivity contribution in [1.29, 1.82) is 0 Å². The molecule has 21 heavy (non-hydrogen) atoms. The van der Waals surface area contributed by atoms with E-state index in [1.807, 2.05) is 44.2 Å². The SMILES string of the molecule is CC(C)N1CC(C(=O)N[C@@H](CO)c2ccccc2)CC1=O. The smallest absolute Gasteiger partial charge is 0.225 e. The quantitative estimate of drug-likeness (QED) is 0.853. The van der Waals surface area contributed by atoms with E-state index in [2.05, 4.69) is 5.32 Å². The molecule has 0 bridgehead atoms. The van der Waals surface area contributed by atoms with Crippen LogP contribution in [-0.4, -0.2) is 41.0 Å². The van der Waals surface area contributed by atoms with Gasteiger partial charge < -0.3 is 15.3 Å². The first-order valence-electron chi connectivity index (χ1n) is 7.28. The second-order valence-corrected chi connectivity index (χ2v) is 5.70. The molecule has 114 valence electrons. The van der Waals surface area contributed by atoms with Crippen LogP contribution in [0.3, 0.4) is 0 Å². The van der Waals surface area contributed by atoms with Gasteiger partial charge in [-0.1, -0.05) is 30.3 Å². The summed E-state index contributed by atoms with van der Waals surface area (Å²) in [5, 5.41) is 12.3. The molecule has 2 amide bonds. The van der Waals surface area contributed by atoms with Crippen LogP contribution in [0.2, 0.25) is 0 Å². The van der Waals surface area contributed by atoms with Crippen molar-refractivity contribution in [3.63, 3.8) is 0 Å². The van der Waals surface area contributed by atoms with Gasteiger partial charge in [-0.05, 0) is 19.4 Å². The molecule has 0 spiro atoms. The molecule has 2 N–H and O–H groups in total. The second kappa shape index (κ2) is 6.72. The molecule has 0 aromatic heterocycles. The van der Waals surface area contributed by atoms with Crippen molar-refractivity contribution in [1.82, 2.24) is 10.2 Å². The normalized spacial score (nSPS) is 19.9. The Bertz CT molecular complexity index is 502. The fourth-order valence-electron chi connectivity index (χ4n) is 2.62. The van der Waals surface area contributed by atoms with E-state index in [4.69, 9.17) is 0 Å². The first-order chi connectivity index (χ1) is 10.0. The summed E-state index contributed by atoms with van der Waals surface area (Å²) >= 11 is 0. The van der Waals surface area contributed by atoms with Gasteiger partial charge in [0.15, 0.2) is 0 Å². The highest BCUT2D eigenvalue weighted by molar-refractivity contribution is 5.89. The lowest BCUT2D eigenvalue weighted by atomic mass is 10.0. The van der Waals surface area contributed by atoms with E-state index in [1.54, 1.807) is 4.90 Å². The number of hydrogen-bond acceptors (Lipinski definition) is 3. The molecule has 2 atom stereocenters. The molecule has 1 aromatic carbocycles. The minimum absolute atomic E-state index is 0.0189. The molecule has 0 aliphatic carbocycles. The maximum absolute atomic E-state index is 12.3. The Kier molecular flexibility index (Phi) is 4.96. The molecule has 0 saturated carbocycles. The van der Waals surface area contributed by atoms with Crippen molar-refractivity contribution < 1.29 is 14.7 Å². The summed E-state index contributed by atoms with van der Waals surface area (Å²) in [6.45, 7) is 4.18. The number of likely N-dealkylation sites (tertiary alicyclic amines) is 1. The highest BCUT2D eigenvalue weighted by Gasteiger charge is 2.36. The summed E-state index contributed by atoms with van der Waals surface area (Å²) in [6, 6.07) is 9.02. The molecule has 1 fully saturated rings. The van der Waals surface area contributed by atoms with Crippen molar-refractivity contribution in [2.75, 3.05) is 13.2 Å². The number of aliphatic hydroxyl groups excluding tert-OH is 1. The molecule has 5 heteroatoms. The Balaban J connectivity index is 2.00. The molecule has 0 radical (unpaired) electrons. The van der Waals surface area contributed by atoms with Crippen LogP contribution in [0.15, 0.2) is 30.3 Å². The fraction of sp³-hybridized carbons (Fsp3) is 0.500. The summed E-state index contributed by atoms with van der Waals surface area (Å²) in [5.74, 6) is -0.488. The van der Waals surface area contributed by atoms with E-state index in [9.17, 15) is 14.7 Å². The van der Waals surface area contributed by atoms with Crippen LogP contribution in [0.4, 0.5) is 0 Å². The van der Waals surface area contributed by atoms with E-state index in [1.165, 1.54) is 0 Å². The maximum atomic E-state index is 12.3. The van der Waals surface area contributed by atoms with Gasteiger partial charge in [-0.2, -0.15) is 0 Å². The highest BCUT2D eigenvalue weighted by atomic mass is 16.3. The van der Waals surface area contributed by atoms with Gasteiger partial charge in [0.05, 0.1) is 18.6 Å². The van der Waals surface area contributed by atoms with Crippen molar-refractivity contribution in [2.45, 2.75) is 32.4 Å². The fourth-order valence-corrected chi connectivity index (χ4v) is 2.62. The minimum atomic E-state index is -0.429. The second-order valence-electron chi connectivity index (χ2n) is 5.70. The summed E-state index contributed by atoms with van der Waals surface area (Å²) in [4.78, 5) is 25.9. The number of nitrogens with one attached hydrogen (secondary N) is 1. The zero-order valence-electron chi connectivity index (χ0n) is 12.5. The van der Waals surface area contributed by atoms with Gasteiger partial charge in [-0.3, -0.25) is 9.59 Å². The van der Waals surface area contributed by atoms with Gasteiger partial charge in [0.25, 0.3) is 0 Å². The Hall–Kier alpha value is -1.88. The van der Waals surface area contributed by atoms with Crippen LogP contribution in [0.5, 0.6) is 0 Å². The third-order valence-electron chi connectivity index (χ3n) is 3.85. The van der Waals surface area contributed by atoms with Gasteiger partial charge in [0.2, 0.25) is 11.8 Å². The van der Waals surface area contributed by atoms with E-state index in [-0.39, 0.29) is 36.8 Å². The predicted molar refractivity (Wildman–Crippen MR) is 79.4 cm³/mol. The van der Waals surface area contributed by atoms with E-state index in [0.717, 1.165) is 5.56 Å². The zero-order chi connectivity index (χ0) is 15.4. The van der Waals surface area contributed by atoms with Gasteiger partial charge >= 0.3 is 0 Å². The number of nitrogens with zero attached hydrogens (tertiary/aromatic N) is 1. The third kappa shape index (κ3) is 3.61. The lowest BCUT2D eigenvalue weighted by Crippen LogP contribution is -2.38. The molecule has 1 aliphatic heterocycles. The summed E-state index contributed by atoms with van der Waals surface area (Å²) in [7, 11) is 0. The number of aliphatic hydroxyl groups is 1. The summed E-state index contributed by atoms with van der Waals surface area (Å²) in [5.41, 5.74) is 0.860. The lowest BCUT2D eigenvalue weighted by Gasteiger charge is -2.22. The zero-order valence-corrected chi connectivity index (χ0v) is 12.5. The molecule has 1 unspecified atom stereocenters. The van der Waals surface area contributed by atoms with Crippen LogP contribution >= 0.6 is 0 Å². The van der Waals surface area contributed by atoms with E-state index < -0.39 is 6.04 Å². The van der Waals surface area contributed by atoms with Gasteiger partial charge in [0, 0.05) is 19.0 Å². The molecular formula is C16H22N2O3. The summed E-state index contributed by atoms with van der Waals surface area (Å²) < 4.78 is 0. The van der Waals surface area contributed by atoms with Crippen LogP contribution in [0.25, 0.3) is 0 Å². The van der Waals surface area contributed by atoms with Crippen LogP contribution in [0, 0.1) is 5.92 Å². The Labute approximate surface area is 125 Å². The Morgan fingerprint density at radius 3 is 2.57 bits per heavy atom. The molecular weight excluding hydrogens is 268 g/mol. The van der Waals surface area contributed by atoms with Gasteiger partial charge in [-0.15, -0.1) is 0 Å².